The third-order valence-electron chi connectivity index (χ3n) is 2.96. The number of hydrogen-bond donors (Lipinski definition) is 0. The van der Waals surface area contributed by atoms with E-state index in [4.69, 9.17) is 0 Å². The molecule has 0 fully saturated rings. The molecule has 0 atom stereocenters. The zero-order chi connectivity index (χ0) is 10.5. The molecular formula is C15H18. The van der Waals surface area contributed by atoms with Gasteiger partial charge in [-0.3, -0.25) is 0 Å². The molecule has 1 aliphatic rings. The van der Waals surface area contributed by atoms with Crippen LogP contribution in [-0.4, -0.2) is 0 Å². The fourth-order valence-electron chi connectivity index (χ4n) is 1.95. The summed E-state index contributed by atoms with van der Waals surface area (Å²) in [7, 11) is 0. The van der Waals surface area contributed by atoms with Crippen LogP contribution in [0.1, 0.15) is 30.9 Å². The summed E-state index contributed by atoms with van der Waals surface area (Å²) in [6, 6.07) is 9.01. The molecule has 0 saturated carbocycles. The summed E-state index contributed by atoms with van der Waals surface area (Å²) in [5, 5.41) is 0. The van der Waals surface area contributed by atoms with Crippen molar-refractivity contribution in [3.8, 4) is 0 Å². The van der Waals surface area contributed by atoms with Gasteiger partial charge in [-0.05, 0) is 36.8 Å². The molecule has 78 valence electrons. The van der Waals surface area contributed by atoms with E-state index in [1.807, 2.05) is 0 Å². The predicted molar refractivity (Wildman–Crippen MR) is 66.0 cm³/mol. The molecule has 0 heterocycles. The van der Waals surface area contributed by atoms with Gasteiger partial charge in [0.15, 0.2) is 0 Å². The third-order valence-corrected chi connectivity index (χ3v) is 2.96. The van der Waals surface area contributed by atoms with Crippen LogP contribution in [0.4, 0.5) is 0 Å². The third kappa shape index (κ3) is 2.82. The fraction of sp³-hybridized carbons (Fsp3) is 0.333. The Kier molecular flexibility index (Phi) is 3.39. The lowest BCUT2D eigenvalue weighted by molar-refractivity contribution is 0.910. The van der Waals surface area contributed by atoms with Crippen LogP contribution < -0.4 is 0 Å². The highest BCUT2D eigenvalue weighted by atomic mass is 14.1. The van der Waals surface area contributed by atoms with Crippen LogP contribution in [0.15, 0.2) is 48.1 Å². The largest absolute Gasteiger partial charge is 0.0842 e. The van der Waals surface area contributed by atoms with E-state index in [2.05, 4.69) is 49.4 Å². The average molecular weight is 198 g/mol. The van der Waals surface area contributed by atoms with Gasteiger partial charge in [0, 0.05) is 0 Å². The highest BCUT2D eigenvalue weighted by molar-refractivity contribution is 5.29. The standard InChI is InChI=1S/C15H18/c1-2-13-8-10-15(11-9-13)12-14-6-4-3-5-7-14/h3-4,6,8-11H,2,5,7,12H2,1H3. The van der Waals surface area contributed by atoms with Crippen molar-refractivity contribution in [2.75, 3.05) is 0 Å². The highest BCUT2D eigenvalue weighted by Gasteiger charge is 2.01. The van der Waals surface area contributed by atoms with E-state index in [1.165, 1.54) is 24.0 Å². The highest BCUT2D eigenvalue weighted by Crippen LogP contribution is 2.17. The van der Waals surface area contributed by atoms with Crippen molar-refractivity contribution < 1.29 is 0 Å². The first kappa shape index (κ1) is 10.2. The summed E-state index contributed by atoms with van der Waals surface area (Å²) in [6.45, 7) is 2.20. The molecular weight excluding hydrogens is 180 g/mol. The Morgan fingerprint density at radius 1 is 1.07 bits per heavy atom. The Morgan fingerprint density at radius 3 is 2.40 bits per heavy atom. The average Bonchev–Trinajstić information content (AvgIpc) is 2.31. The maximum Gasteiger partial charge on any atom is -0.00639 e. The van der Waals surface area contributed by atoms with Crippen molar-refractivity contribution in [3.05, 3.63) is 59.2 Å². The number of hydrogen-bond acceptors (Lipinski definition) is 0. The molecule has 0 N–H and O–H groups in total. The van der Waals surface area contributed by atoms with Gasteiger partial charge in [0.1, 0.15) is 0 Å². The Hall–Kier alpha value is -1.30. The Balaban J connectivity index is 2.04. The zero-order valence-corrected chi connectivity index (χ0v) is 9.37. The Morgan fingerprint density at radius 2 is 1.80 bits per heavy atom. The van der Waals surface area contributed by atoms with Crippen molar-refractivity contribution in [1.82, 2.24) is 0 Å². The van der Waals surface area contributed by atoms with Crippen molar-refractivity contribution in [1.29, 1.82) is 0 Å². The molecule has 2 rings (SSSR count). The molecule has 1 aliphatic carbocycles. The monoisotopic (exact) mass is 198 g/mol. The number of aryl methyl sites for hydroxylation is 1. The number of rotatable bonds is 3. The molecule has 0 radical (unpaired) electrons. The van der Waals surface area contributed by atoms with E-state index >= 15 is 0 Å². The van der Waals surface area contributed by atoms with Crippen molar-refractivity contribution in [2.24, 2.45) is 0 Å². The molecule has 0 unspecified atom stereocenters. The second-order valence-corrected chi connectivity index (χ2v) is 4.14. The predicted octanol–water partition coefficient (Wildman–Crippen LogP) is 4.07. The second kappa shape index (κ2) is 4.97. The Labute approximate surface area is 92.3 Å². The van der Waals surface area contributed by atoms with E-state index < -0.39 is 0 Å². The summed E-state index contributed by atoms with van der Waals surface area (Å²) >= 11 is 0. The molecule has 0 amide bonds. The van der Waals surface area contributed by atoms with Crippen molar-refractivity contribution in [2.45, 2.75) is 32.6 Å². The molecule has 0 bridgehead atoms. The molecule has 0 heteroatoms. The summed E-state index contributed by atoms with van der Waals surface area (Å²) in [5.41, 5.74) is 4.42. The lowest BCUT2D eigenvalue weighted by Crippen LogP contribution is -1.93. The molecule has 0 aromatic heterocycles. The molecule has 1 aromatic rings. The maximum atomic E-state index is 2.26. The zero-order valence-electron chi connectivity index (χ0n) is 9.37. The van der Waals surface area contributed by atoms with Crippen molar-refractivity contribution in [3.63, 3.8) is 0 Å². The molecule has 0 saturated heterocycles. The Bertz CT molecular complexity index is 366. The van der Waals surface area contributed by atoms with Crippen LogP contribution >= 0.6 is 0 Å². The lowest BCUT2D eigenvalue weighted by Gasteiger charge is -2.09. The first-order valence-corrected chi connectivity index (χ1v) is 5.81. The fourth-order valence-corrected chi connectivity index (χ4v) is 1.95. The SMILES string of the molecule is CCc1ccc(CC2=CC=CCC2)cc1. The van der Waals surface area contributed by atoms with E-state index in [0.717, 1.165) is 12.8 Å². The summed E-state index contributed by atoms with van der Waals surface area (Å²) < 4.78 is 0. The minimum atomic E-state index is 1.12. The van der Waals surface area contributed by atoms with Crippen LogP contribution in [0.5, 0.6) is 0 Å². The summed E-state index contributed by atoms with van der Waals surface area (Å²) in [5.74, 6) is 0. The molecule has 0 spiro atoms. The first-order valence-electron chi connectivity index (χ1n) is 5.81. The summed E-state index contributed by atoms with van der Waals surface area (Å²) in [6.07, 6.45) is 11.4. The molecule has 15 heavy (non-hydrogen) atoms. The van der Waals surface area contributed by atoms with Crippen LogP contribution in [0, 0.1) is 0 Å². The lowest BCUT2D eigenvalue weighted by atomic mass is 9.97. The van der Waals surface area contributed by atoms with Gasteiger partial charge in [-0.25, -0.2) is 0 Å². The van der Waals surface area contributed by atoms with Gasteiger partial charge in [-0.2, -0.15) is 0 Å². The van der Waals surface area contributed by atoms with Gasteiger partial charge in [0.2, 0.25) is 0 Å². The van der Waals surface area contributed by atoms with Gasteiger partial charge < -0.3 is 0 Å². The van der Waals surface area contributed by atoms with E-state index in [-0.39, 0.29) is 0 Å². The smallest absolute Gasteiger partial charge is 0.00639 e. The van der Waals surface area contributed by atoms with E-state index in [0.29, 0.717) is 0 Å². The van der Waals surface area contributed by atoms with Crippen LogP contribution in [0.3, 0.4) is 0 Å². The second-order valence-electron chi connectivity index (χ2n) is 4.14. The van der Waals surface area contributed by atoms with Crippen LogP contribution in [0.2, 0.25) is 0 Å². The molecule has 0 nitrogen and oxygen atoms in total. The van der Waals surface area contributed by atoms with Crippen LogP contribution in [-0.2, 0) is 12.8 Å². The molecule has 0 aliphatic heterocycles. The number of benzene rings is 1. The van der Waals surface area contributed by atoms with E-state index in [1.54, 1.807) is 5.57 Å². The normalized spacial score (nSPS) is 15.1. The topological polar surface area (TPSA) is 0 Å². The quantitative estimate of drug-likeness (QED) is 0.687. The van der Waals surface area contributed by atoms with Crippen LogP contribution in [0.25, 0.3) is 0 Å². The number of allylic oxidation sites excluding steroid dienone is 4. The first-order chi connectivity index (χ1) is 7.38. The summed E-state index contributed by atoms with van der Waals surface area (Å²) in [4.78, 5) is 0. The van der Waals surface area contributed by atoms with E-state index in [9.17, 15) is 0 Å². The van der Waals surface area contributed by atoms with Gasteiger partial charge >= 0.3 is 0 Å². The van der Waals surface area contributed by atoms with Gasteiger partial charge in [-0.15, -0.1) is 0 Å². The maximum absolute atomic E-state index is 2.26. The van der Waals surface area contributed by atoms with Gasteiger partial charge in [0.05, 0.1) is 0 Å². The van der Waals surface area contributed by atoms with Gasteiger partial charge in [-0.1, -0.05) is 55.0 Å². The van der Waals surface area contributed by atoms with Gasteiger partial charge in [0.25, 0.3) is 0 Å². The minimum Gasteiger partial charge on any atom is -0.0842 e. The molecule has 1 aromatic carbocycles. The van der Waals surface area contributed by atoms with Crippen molar-refractivity contribution >= 4 is 0 Å². The minimum absolute atomic E-state index is 1.12.